The van der Waals surface area contributed by atoms with E-state index in [1.165, 1.54) is 40.3 Å². The van der Waals surface area contributed by atoms with Gasteiger partial charge in [0.1, 0.15) is 5.82 Å². The van der Waals surface area contributed by atoms with Gasteiger partial charge in [0, 0.05) is 38.9 Å². The third-order valence-corrected chi connectivity index (χ3v) is 7.94. The summed E-state index contributed by atoms with van der Waals surface area (Å²) >= 11 is 1.43. The van der Waals surface area contributed by atoms with Gasteiger partial charge in [-0.05, 0) is 30.5 Å². The number of carbonyl (C=O) groups is 1. The monoisotopic (exact) mass is 521 g/mol. The van der Waals surface area contributed by atoms with E-state index in [4.69, 9.17) is 4.74 Å². The molecule has 0 aliphatic rings. The zero-order valence-corrected chi connectivity index (χ0v) is 21.9. The first-order valence-electron chi connectivity index (χ1n) is 11.2. The van der Waals surface area contributed by atoms with Crippen LogP contribution in [0.4, 0.5) is 5.82 Å². The van der Waals surface area contributed by atoms with Crippen LogP contribution in [0.25, 0.3) is 11.0 Å². The van der Waals surface area contributed by atoms with Crippen molar-refractivity contribution in [2.45, 2.75) is 30.4 Å². The van der Waals surface area contributed by atoms with Gasteiger partial charge in [-0.3, -0.25) is 4.79 Å². The minimum Gasteiger partial charge on any atom is -0.383 e. The zero-order chi connectivity index (χ0) is 25.4. The highest BCUT2D eigenvalue weighted by Crippen LogP contribution is 2.23. The number of ether oxygens (including phenoxy) is 1. The summed E-state index contributed by atoms with van der Waals surface area (Å²) < 4.78 is 33.4. The molecule has 190 valence electrons. The number of thioether (sulfide) groups is 1. The fourth-order valence-electron chi connectivity index (χ4n) is 3.46. The molecular weight excluding hydrogens is 490 g/mol. The Morgan fingerprint density at radius 3 is 2.49 bits per heavy atom. The van der Waals surface area contributed by atoms with Gasteiger partial charge in [-0.25, -0.2) is 23.1 Å². The van der Waals surface area contributed by atoms with Gasteiger partial charge in [-0.15, -0.1) is 0 Å². The molecule has 1 aromatic carbocycles. The molecule has 13 heteroatoms. The first-order valence-corrected chi connectivity index (χ1v) is 13.9. The summed E-state index contributed by atoms with van der Waals surface area (Å²) in [6.45, 7) is 6.23. The Morgan fingerprint density at radius 1 is 1.14 bits per heavy atom. The van der Waals surface area contributed by atoms with E-state index < -0.39 is 10.0 Å². The molecule has 0 unspecified atom stereocenters. The number of hydrogen-bond donors (Lipinski definition) is 2. The lowest BCUT2D eigenvalue weighted by molar-refractivity contribution is 0.0952. The lowest BCUT2D eigenvalue weighted by atomic mass is 10.2. The summed E-state index contributed by atoms with van der Waals surface area (Å²) in [4.78, 5) is 21.8. The Balaban J connectivity index is 1.66. The predicted octanol–water partition coefficient (Wildman–Crippen LogP) is 2.07. The second-order valence-electron chi connectivity index (χ2n) is 7.45. The highest BCUT2D eigenvalue weighted by molar-refractivity contribution is 7.98. The Hall–Kier alpha value is -2.74. The third-order valence-electron chi connectivity index (χ3n) is 5.33. The molecule has 0 aliphatic carbocycles. The average molecular weight is 522 g/mol. The number of rotatable bonds is 13. The molecule has 0 radical (unpaired) electrons. The van der Waals surface area contributed by atoms with E-state index in [1.54, 1.807) is 31.8 Å². The topological polar surface area (TPSA) is 131 Å². The van der Waals surface area contributed by atoms with Crippen LogP contribution >= 0.6 is 11.8 Å². The number of aromatic nitrogens is 4. The molecule has 2 heterocycles. The van der Waals surface area contributed by atoms with Gasteiger partial charge in [0.15, 0.2) is 10.8 Å². The van der Waals surface area contributed by atoms with Crippen molar-refractivity contribution in [2.75, 3.05) is 51.5 Å². The fourth-order valence-corrected chi connectivity index (χ4v) is 5.28. The van der Waals surface area contributed by atoms with E-state index in [2.05, 4.69) is 25.7 Å². The normalized spacial score (nSPS) is 11.8. The smallest absolute Gasteiger partial charge is 0.251 e. The number of hydrogen-bond acceptors (Lipinski definition) is 9. The minimum atomic E-state index is -3.56. The van der Waals surface area contributed by atoms with Crippen molar-refractivity contribution in [3.05, 3.63) is 36.0 Å². The molecule has 11 nitrogen and oxygen atoms in total. The maximum Gasteiger partial charge on any atom is 0.251 e. The van der Waals surface area contributed by atoms with E-state index in [0.717, 1.165) is 5.39 Å². The number of benzene rings is 1. The SMILES string of the molecule is CCN(CC)S(=O)(=O)c1ccc(C(=O)NCCn2ncc3c(NCCOC)nc(SC)nc32)cc1. The van der Waals surface area contributed by atoms with Gasteiger partial charge in [0.2, 0.25) is 10.0 Å². The van der Waals surface area contributed by atoms with Crippen molar-refractivity contribution in [3.8, 4) is 0 Å². The zero-order valence-electron chi connectivity index (χ0n) is 20.3. The second-order valence-corrected chi connectivity index (χ2v) is 10.2. The molecule has 3 rings (SSSR count). The van der Waals surface area contributed by atoms with E-state index in [1.807, 2.05) is 6.26 Å². The number of methoxy groups -OCH3 is 1. The van der Waals surface area contributed by atoms with Crippen molar-refractivity contribution in [2.24, 2.45) is 0 Å². The number of fused-ring (bicyclic) bond motifs is 1. The summed E-state index contributed by atoms with van der Waals surface area (Å²) in [5, 5.41) is 11.9. The van der Waals surface area contributed by atoms with Gasteiger partial charge in [-0.2, -0.15) is 9.40 Å². The molecule has 0 fully saturated rings. The average Bonchev–Trinajstić information content (AvgIpc) is 3.27. The molecule has 0 spiro atoms. The maximum absolute atomic E-state index is 12.6. The number of anilines is 1. The molecule has 0 bridgehead atoms. The van der Waals surface area contributed by atoms with Crippen LogP contribution in [0.15, 0.2) is 40.5 Å². The first kappa shape index (κ1) is 26.9. The van der Waals surface area contributed by atoms with Crippen LogP contribution in [-0.2, 0) is 21.3 Å². The lowest BCUT2D eigenvalue weighted by Gasteiger charge is -2.18. The summed E-state index contributed by atoms with van der Waals surface area (Å²) in [6, 6.07) is 5.96. The first-order chi connectivity index (χ1) is 16.8. The molecular formula is C22H31N7O4S2. The Morgan fingerprint density at radius 2 is 1.86 bits per heavy atom. The molecule has 0 saturated carbocycles. The summed E-state index contributed by atoms with van der Waals surface area (Å²) in [7, 11) is -1.93. The van der Waals surface area contributed by atoms with Crippen molar-refractivity contribution in [1.29, 1.82) is 0 Å². The van der Waals surface area contributed by atoms with Crippen LogP contribution in [0.2, 0.25) is 0 Å². The van der Waals surface area contributed by atoms with Crippen molar-refractivity contribution in [1.82, 2.24) is 29.4 Å². The second kappa shape index (κ2) is 12.3. The Bertz CT molecular complexity index is 1240. The summed E-state index contributed by atoms with van der Waals surface area (Å²) in [5.41, 5.74) is 1.05. The van der Waals surface area contributed by atoms with Gasteiger partial charge in [0.25, 0.3) is 5.91 Å². The van der Waals surface area contributed by atoms with Crippen LogP contribution in [0.3, 0.4) is 0 Å². The van der Waals surface area contributed by atoms with Crippen LogP contribution in [0, 0.1) is 0 Å². The van der Waals surface area contributed by atoms with E-state index in [0.29, 0.717) is 61.5 Å². The number of nitrogens with zero attached hydrogens (tertiary/aromatic N) is 5. The fraction of sp³-hybridized carbons (Fsp3) is 0.455. The quantitative estimate of drug-likeness (QED) is 0.197. The molecule has 35 heavy (non-hydrogen) atoms. The predicted molar refractivity (Wildman–Crippen MR) is 136 cm³/mol. The number of carbonyl (C=O) groups excluding carboxylic acids is 1. The van der Waals surface area contributed by atoms with Gasteiger partial charge in [0.05, 0.1) is 29.6 Å². The Labute approximate surface area is 209 Å². The Kier molecular flexibility index (Phi) is 9.43. The lowest BCUT2D eigenvalue weighted by Crippen LogP contribution is -2.31. The summed E-state index contributed by atoms with van der Waals surface area (Å²) in [5.74, 6) is 0.390. The number of sulfonamides is 1. The minimum absolute atomic E-state index is 0.167. The van der Waals surface area contributed by atoms with Crippen LogP contribution in [0.5, 0.6) is 0 Å². The van der Waals surface area contributed by atoms with Gasteiger partial charge in [-0.1, -0.05) is 25.6 Å². The summed E-state index contributed by atoms with van der Waals surface area (Å²) in [6.07, 6.45) is 3.60. The molecule has 3 aromatic rings. The van der Waals surface area contributed by atoms with E-state index >= 15 is 0 Å². The maximum atomic E-state index is 12.6. The van der Waals surface area contributed by atoms with Gasteiger partial charge >= 0.3 is 0 Å². The van der Waals surface area contributed by atoms with Crippen LogP contribution in [-0.4, -0.2) is 84.5 Å². The standard InChI is InChI=1S/C22H31N7O4S2/c1-5-28(6-2)35(31,32)17-9-7-16(8-10-17)21(30)24-11-13-29-20-18(15-25-29)19(23-12-14-33-3)26-22(27-20)34-4/h7-10,15H,5-6,11-14H2,1-4H3,(H,24,30)(H,23,26,27). The molecule has 0 aliphatic heterocycles. The van der Waals surface area contributed by atoms with E-state index in [9.17, 15) is 13.2 Å². The highest BCUT2D eigenvalue weighted by atomic mass is 32.2. The van der Waals surface area contributed by atoms with Gasteiger partial charge < -0.3 is 15.4 Å². The molecule has 0 saturated heterocycles. The highest BCUT2D eigenvalue weighted by Gasteiger charge is 2.21. The van der Waals surface area contributed by atoms with Crippen LogP contribution < -0.4 is 10.6 Å². The molecule has 2 N–H and O–H groups in total. The number of nitrogens with one attached hydrogen (secondary N) is 2. The molecule has 2 aromatic heterocycles. The van der Waals surface area contributed by atoms with Crippen molar-refractivity contribution >= 4 is 44.5 Å². The number of amides is 1. The molecule has 0 atom stereocenters. The molecule has 1 amide bonds. The van der Waals surface area contributed by atoms with Crippen LogP contribution in [0.1, 0.15) is 24.2 Å². The largest absolute Gasteiger partial charge is 0.383 e. The van der Waals surface area contributed by atoms with Crippen molar-refractivity contribution < 1.29 is 17.9 Å². The third kappa shape index (κ3) is 6.28. The van der Waals surface area contributed by atoms with Crippen molar-refractivity contribution in [3.63, 3.8) is 0 Å². The van der Waals surface area contributed by atoms with E-state index in [-0.39, 0.29) is 10.8 Å².